The SMILES string of the molecule is Cn1cccc1C(=O)Cn1c(=O)cnc2ccccc21. The lowest BCUT2D eigenvalue weighted by Gasteiger charge is -2.09. The van der Waals surface area contributed by atoms with Crippen LogP contribution in [0.15, 0.2) is 53.6 Å². The fourth-order valence-corrected chi connectivity index (χ4v) is 2.25. The van der Waals surface area contributed by atoms with Crippen molar-refractivity contribution in [2.45, 2.75) is 6.54 Å². The summed E-state index contributed by atoms with van der Waals surface area (Å²) < 4.78 is 3.20. The summed E-state index contributed by atoms with van der Waals surface area (Å²) in [6.45, 7) is 0.0136. The maximum absolute atomic E-state index is 12.3. The fourth-order valence-electron chi connectivity index (χ4n) is 2.25. The van der Waals surface area contributed by atoms with Crippen molar-refractivity contribution >= 4 is 16.8 Å². The standard InChI is InChI=1S/C15H13N3O2/c1-17-8-4-7-13(17)14(19)10-18-12-6-3-2-5-11(12)16-9-15(18)20/h2-9H,10H2,1H3. The van der Waals surface area contributed by atoms with E-state index < -0.39 is 0 Å². The number of aromatic nitrogens is 3. The van der Waals surface area contributed by atoms with Crippen LogP contribution in [-0.4, -0.2) is 19.9 Å². The molecule has 0 fully saturated rings. The highest BCUT2D eigenvalue weighted by molar-refractivity contribution is 5.95. The molecule has 100 valence electrons. The lowest BCUT2D eigenvalue weighted by Crippen LogP contribution is -2.25. The first-order valence-corrected chi connectivity index (χ1v) is 6.26. The summed E-state index contributed by atoms with van der Waals surface area (Å²) in [5.41, 5.74) is 1.68. The van der Waals surface area contributed by atoms with Gasteiger partial charge >= 0.3 is 0 Å². The van der Waals surface area contributed by atoms with Crippen LogP contribution in [0.5, 0.6) is 0 Å². The van der Waals surface area contributed by atoms with Gasteiger partial charge in [-0.2, -0.15) is 0 Å². The Morgan fingerprint density at radius 2 is 2.00 bits per heavy atom. The molecule has 3 rings (SSSR count). The quantitative estimate of drug-likeness (QED) is 0.677. The van der Waals surface area contributed by atoms with E-state index in [-0.39, 0.29) is 17.9 Å². The molecule has 0 aliphatic carbocycles. The summed E-state index contributed by atoms with van der Waals surface area (Å²) >= 11 is 0. The predicted octanol–water partition coefficient (Wildman–Crippen LogP) is 1.62. The summed E-state index contributed by atoms with van der Waals surface area (Å²) in [5, 5.41) is 0. The fraction of sp³-hybridized carbons (Fsp3) is 0.133. The third-order valence-corrected chi connectivity index (χ3v) is 3.28. The van der Waals surface area contributed by atoms with Gasteiger partial charge in [0, 0.05) is 13.2 Å². The molecule has 0 aliphatic heterocycles. The van der Waals surface area contributed by atoms with Crippen LogP contribution in [0.1, 0.15) is 10.5 Å². The minimum absolute atomic E-state index is 0.0136. The minimum atomic E-state index is -0.272. The number of hydrogen-bond donors (Lipinski definition) is 0. The highest BCUT2D eigenvalue weighted by Gasteiger charge is 2.12. The van der Waals surface area contributed by atoms with Crippen molar-refractivity contribution in [3.63, 3.8) is 0 Å². The number of Topliss-reactive ketones (excluding diaryl/α,β-unsaturated/α-hetero) is 1. The normalized spacial score (nSPS) is 10.8. The van der Waals surface area contributed by atoms with E-state index in [1.54, 1.807) is 36.0 Å². The summed E-state index contributed by atoms with van der Waals surface area (Å²) in [7, 11) is 1.81. The van der Waals surface area contributed by atoms with Gasteiger partial charge in [-0.05, 0) is 24.3 Å². The van der Waals surface area contributed by atoms with E-state index in [9.17, 15) is 9.59 Å². The molecular weight excluding hydrogens is 254 g/mol. The number of benzene rings is 1. The van der Waals surface area contributed by atoms with Crippen molar-refractivity contribution in [2.24, 2.45) is 7.05 Å². The van der Waals surface area contributed by atoms with Crippen molar-refractivity contribution < 1.29 is 4.79 Å². The lowest BCUT2D eigenvalue weighted by atomic mass is 10.2. The zero-order valence-corrected chi connectivity index (χ0v) is 11.0. The van der Waals surface area contributed by atoms with Crippen LogP contribution in [0.4, 0.5) is 0 Å². The number of rotatable bonds is 3. The Morgan fingerprint density at radius 1 is 1.20 bits per heavy atom. The second-order valence-corrected chi connectivity index (χ2v) is 4.60. The molecule has 5 heteroatoms. The molecule has 0 saturated heterocycles. The third kappa shape index (κ3) is 2.03. The van der Waals surface area contributed by atoms with Gasteiger partial charge in [0.05, 0.1) is 29.5 Å². The van der Waals surface area contributed by atoms with Crippen molar-refractivity contribution in [2.75, 3.05) is 0 Å². The molecule has 0 atom stereocenters. The van der Waals surface area contributed by atoms with Crippen LogP contribution in [0.3, 0.4) is 0 Å². The Hall–Kier alpha value is -2.69. The zero-order chi connectivity index (χ0) is 14.1. The summed E-state index contributed by atoms with van der Waals surface area (Å²) in [6.07, 6.45) is 3.06. The average Bonchev–Trinajstić information content (AvgIpc) is 2.88. The van der Waals surface area contributed by atoms with Crippen molar-refractivity contribution in [1.29, 1.82) is 0 Å². The highest BCUT2D eigenvalue weighted by atomic mass is 16.1. The van der Waals surface area contributed by atoms with Crippen LogP contribution in [-0.2, 0) is 13.6 Å². The second-order valence-electron chi connectivity index (χ2n) is 4.60. The second kappa shape index (κ2) is 4.77. The van der Waals surface area contributed by atoms with Gasteiger partial charge < -0.3 is 4.57 Å². The number of fused-ring (bicyclic) bond motifs is 1. The van der Waals surface area contributed by atoms with E-state index in [1.165, 1.54) is 10.8 Å². The highest BCUT2D eigenvalue weighted by Crippen LogP contribution is 2.10. The number of ketones is 1. The largest absolute Gasteiger partial charge is 0.348 e. The Morgan fingerprint density at radius 3 is 2.75 bits per heavy atom. The molecule has 1 aromatic carbocycles. The zero-order valence-electron chi connectivity index (χ0n) is 11.0. The van der Waals surface area contributed by atoms with Crippen LogP contribution in [0.2, 0.25) is 0 Å². The van der Waals surface area contributed by atoms with Gasteiger partial charge in [0.15, 0.2) is 5.78 Å². The maximum atomic E-state index is 12.3. The molecule has 0 bridgehead atoms. The van der Waals surface area contributed by atoms with E-state index in [4.69, 9.17) is 0 Å². The molecule has 0 aliphatic rings. The van der Waals surface area contributed by atoms with E-state index in [0.29, 0.717) is 16.7 Å². The summed E-state index contributed by atoms with van der Waals surface area (Å²) in [5.74, 6) is -0.101. The molecule has 3 aromatic rings. The Kier molecular flexibility index (Phi) is 2.95. The van der Waals surface area contributed by atoms with Crippen molar-refractivity contribution in [3.8, 4) is 0 Å². The average molecular weight is 267 g/mol. The molecule has 20 heavy (non-hydrogen) atoms. The third-order valence-electron chi connectivity index (χ3n) is 3.28. The topological polar surface area (TPSA) is 56.9 Å². The van der Waals surface area contributed by atoms with E-state index >= 15 is 0 Å². The van der Waals surface area contributed by atoms with Crippen LogP contribution < -0.4 is 5.56 Å². The molecule has 0 N–H and O–H groups in total. The van der Waals surface area contributed by atoms with Crippen LogP contribution in [0.25, 0.3) is 11.0 Å². The molecule has 0 radical (unpaired) electrons. The lowest BCUT2D eigenvalue weighted by molar-refractivity contribution is 0.0964. The summed E-state index contributed by atoms with van der Waals surface area (Å²) in [6, 6.07) is 10.8. The van der Waals surface area contributed by atoms with Gasteiger partial charge in [0.25, 0.3) is 5.56 Å². The van der Waals surface area contributed by atoms with Crippen molar-refractivity contribution in [1.82, 2.24) is 14.1 Å². The maximum Gasteiger partial charge on any atom is 0.269 e. The first-order valence-electron chi connectivity index (χ1n) is 6.26. The van der Waals surface area contributed by atoms with Crippen molar-refractivity contribution in [3.05, 3.63) is 64.8 Å². The van der Waals surface area contributed by atoms with E-state index in [0.717, 1.165) is 0 Å². The van der Waals surface area contributed by atoms with E-state index in [1.807, 2.05) is 18.2 Å². The molecule has 0 saturated carbocycles. The monoisotopic (exact) mass is 267 g/mol. The first kappa shape index (κ1) is 12.3. The van der Waals surface area contributed by atoms with Gasteiger partial charge in [-0.25, -0.2) is 4.98 Å². The number of aryl methyl sites for hydroxylation is 1. The number of hydrogen-bond acceptors (Lipinski definition) is 3. The van der Waals surface area contributed by atoms with Crippen LogP contribution in [0, 0.1) is 0 Å². The predicted molar refractivity (Wildman–Crippen MR) is 75.7 cm³/mol. The van der Waals surface area contributed by atoms with Crippen LogP contribution >= 0.6 is 0 Å². The Balaban J connectivity index is 2.07. The summed E-state index contributed by atoms with van der Waals surface area (Å²) in [4.78, 5) is 28.3. The number of para-hydroxylation sites is 2. The molecule has 2 aromatic heterocycles. The molecule has 2 heterocycles. The van der Waals surface area contributed by atoms with E-state index in [2.05, 4.69) is 4.98 Å². The first-order chi connectivity index (χ1) is 9.66. The molecule has 5 nitrogen and oxygen atoms in total. The smallest absolute Gasteiger partial charge is 0.269 e. The van der Waals surface area contributed by atoms with Gasteiger partial charge in [0.2, 0.25) is 0 Å². The number of carbonyl (C=O) groups excluding carboxylic acids is 1. The molecule has 0 spiro atoms. The van der Waals surface area contributed by atoms with Gasteiger partial charge in [-0.3, -0.25) is 14.2 Å². The van der Waals surface area contributed by atoms with Gasteiger partial charge in [-0.1, -0.05) is 12.1 Å². The van der Waals surface area contributed by atoms with Gasteiger partial charge in [0.1, 0.15) is 0 Å². The van der Waals surface area contributed by atoms with Gasteiger partial charge in [-0.15, -0.1) is 0 Å². The molecule has 0 unspecified atom stereocenters. The number of nitrogens with zero attached hydrogens (tertiary/aromatic N) is 3. The molecule has 0 amide bonds. The Bertz CT molecular complexity index is 845. The minimum Gasteiger partial charge on any atom is -0.348 e. The number of carbonyl (C=O) groups is 1. The Labute approximate surface area is 115 Å². The molecular formula is C15H13N3O2.